The molecule has 1 aliphatic carbocycles. The fraction of sp³-hybridized carbons (Fsp3) is 0.552. The second-order valence-corrected chi connectivity index (χ2v) is 11.0. The van der Waals surface area contributed by atoms with E-state index in [-0.39, 0.29) is 5.91 Å². The molecule has 0 saturated heterocycles. The number of carbonyl (C=O) groups is 1. The Bertz CT molecular complexity index is 1140. The van der Waals surface area contributed by atoms with Gasteiger partial charge in [-0.25, -0.2) is 4.98 Å². The number of fused-ring (bicyclic) bond motifs is 1. The van der Waals surface area contributed by atoms with Gasteiger partial charge in [-0.3, -0.25) is 4.79 Å². The Labute approximate surface area is 215 Å². The Hall–Kier alpha value is -2.93. The van der Waals surface area contributed by atoms with Crippen molar-refractivity contribution in [3.8, 4) is 0 Å². The molecule has 1 aliphatic rings. The number of amides is 1. The SMILES string of the molecule is CC(=O)NC1CCC(CCCc2cc(Nc3ccc(CN(C)C)cc3)n3ncc(C(C)C)c3n2)CC1. The van der Waals surface area contributed by atoms with E-state index in [1.165, 1.54) is 30.4 Å². The average Bonchev–Trinajstić information content (AvgIpc) is 3.25. The van der Waals surface area contributed by atoms with Crippen molar-refractivity contribution in [3.05, 3.63) is 53.3 Å². The highest BCUT2D eigenvalue weighted by Gasteiger charge is 2.21. The van der Waals surface area contributed by atoms with Crippen LogP contribution in [-0.4, -0.2) is 45.5 Å². The summed E-state index contributed by atoms with van der Waals surface area (Å²) in [7, 11) is 4.17. The van der Waals surface area contributed by atoms with Crippen molar-refractivity contribution < 1.29 is 4.79 Å². The first-order valence-electron chi connectivity index (χ1n) is 13.4. The molecule has 194 valence electrons. The quantitative estimate of drug-likeness (QED) is 0.383. The lowest BCUT2D eigenvalue weighted by molar-refractivity contribution is -0.119. The van der Waals surface area contributed by atoms with Crippen molar-refractivity contribution in [2.75, 3.05) is 19.4 Å². The van der Waals surface area contributed by atoms with Crippen LogP contribution in [0.2, 0.25) is 0 Å². The summed E-state index contributed by atoms with van der Waals surface area (Å²) in [6.45, 7) is 6.93. The van der Waals surface area contributed by atoms with Crippen molar-refractivity contribution >= 4 is 23.1 Å². The van der Waals surface area contributed by atoms with Gasteiger partial charge in [0.15, 0.2) is 5.65 Å². The van der Waals surface area contributed by atoms with Crippen LogP contribution in [0.3, 0.4) is 0 Å². The summed E-state index contributed by atoms with van der Waals surface area (Å²) >= 11 is 0. The molecule has 4 rings (SSSR count). The first-order chi connectivity index (χ1) is 17.3. The normalized spacial score (nSPS) is 18.2. The predicted octanol–water partition coefficient (Wildman–Crippen LogP) is 5.68. The second-order valence-electron chi connectivity index (χ2n) is 11.0. The maximum absolute atomic E-state index is 11.3. The molecule has 0 spiro atoms. The van der Waals surface area contributed by atoms with E-state index >= 15 is 0 Å². The van der Waals surface area contributed by atoms with Gasteiger partial charge < -0.3 is 15.5 Å². The summed E-state index contributed by atoms with van der Waals surface area (Å²) in [5.41, 5.74) is 5.58. The van der Waals surface area contributed by atoms with E-state index in [1.807, 2.05) is 10.7 Å². The standard InChI is InChI=1S/C29H42N6O/c1-20(2)27-18-30-35-28(32-25-15-11-23(12-16-25)19-34(4)5)17-26(33-29(27)35)8-6-7-22-9-13-24(14-10-22)31-21(3)36/h11-12,15-18,20,22,24,32H,6-10,13-14,19H2,1-5H3,(H,31,36). The molecule has 7 nitrogen and oxygen atoms in total. The monoisotopic (exact) mass is 490 g/mol. The minimum Gasteiger partial charge on any atom is -0.354 e. The molecule has 1 fully saturated rings. The number of aromatic nitrogens is 3. The largest absolute Gasteiger partial charge is 0.354 e. The molecule has 0 bridgehead atoms. The molecule has 1 amide bonds. The molecule has 0 unspecified atom stereocenters. The molecular weight excluding hydrogens is 448 g/mol. The van der Waals surface area contributed by atoms with Gasteiger partial charge in [-0.05, 0) is 82.2 Å². The van der Waals surface area contributed by atoms with E-state index in [1.54, 1.807) is 6.92 Å². The Balaban J connectivity index is 1.45. The Morgan fingerprint density at radius 1 is 1.14 bits per heavy atom. The molecule has 36 heavy (non-hydrogen) atoms. The van der Waals surface area contributed by atoms with Gasteiger partial charge in [-0.2, -0.15) is 9.61 Å². The van der Waals surface area contributed by atoms with E-state index in [2.05, 4.69) is 78.9 Å². The van der Waals surface area contributed by atoms with Crippen LogP contribution in [0.25, 0.3) is 5.65 Å². The topological polar surface area (TPSA) is 74.6 Å². The lowest BCUT2D eigenvalue weighted by Crippen LogP contribution is -2.36. The first-order valence-corrected chi connectivity index (χ1v) is 13.4. The van der Waals surface area contributed by atoms with Gasteiger partial charge >= 0.3 is 0 Å². The van der Waals surface area contributed by atoms with Crippen LogP contribution in [-0.2, 0) is 17.8 Å². The summed E-state index contributed by atoms with van der Waals surface area (Å²) < 4.78 is 1.94. The Morgan fingerprint density at radius 2 is 1.86 bits per heavy atom. The molecule has 0 atom stereocenters. The molecule has 3 aromatic rings. The predicted molar refractivity (Wildman–Crippen MR) is 147 cm³/mol. The van der Waals surface area contributed by atoms with E-state index in [0.29, 0.717) is 12.0 Å². The van der Waals surface area contributed by atoms with Crippen LogP contribution < -0.4 is 10.6 Å². The first kappa shape index (κ1) is 26.1. The lowest BCUT2D eigenvalue weighted by atomic mass is 9.83. The molecule has 2 N–H and O–H groups in total. The minimum absolute atomic E-state index is 0.0921. The van der Waals surface area contributed by atoms with E-state index in [0.717, 1.165) is 61.0 Å². The summed E-state index contributed by atoms with van der Waals surface area (Å²) in [6.07, 6.45) is 9.86. The zero-order chi connectivity index (χ0) is 25.7. The molecule has 2 heterocycles. The average molecular weight is 491 g/mol. The molecule has 2 aromatic heterocycles. The third-order valence-electron chi connectivity index (χ3n) is 7.20. The molecule has 0 aliphatic heterocycles. The van der Waals surface area contributed by atoms with E-state index in [9.17, 15) is 4.79 Å². The van der Waals surface area contributed by atoms with E-state index in [4.69, 9.17) is 4.98 Å². The zero-order valence-corrected chi connectivity index (χ0v) is 22.6. The highest BCUT2D eigenvalue weighted by atomic mass is 16.1. The van der Waals surface area contributed by atoms with Gasteiger partial charge in [0.05, 0.1) is 6.20 Å². The maximum atomic E-state index is 11.3. The molecule has 1 saturated carbocycles. The van der Waals surface area contributed by atoms with Crippen molar-refractivity contribution in [2.45, 2.75) is 84.2 Å². The Morgan fingerprint density at radius 3 is 2.50 bits per heavy atom. The summed E-state index contributed by atoms with van der Waals surface area (Å²) in [5, 5.41) is 11.3. The third-order valence-corrected chi connectivity index (χ3v) is 7.20. The van der Waals surface area contributed by atoms with E-state index < -0.39 is 0 Å². The summed E-state index contributed by atoms with van der Waals surface area (Å²) in [4.78, 5) is 18.5. The number of aryl methyl sites for hydroxylation is 1. The summed E-state index contributed by atoms with van der Waals surface area (Å²) in [6, 6.07) is 11.1. The van der Waals surface area contributed by atoms with Crippen LogP contribution in [0.4, 0.5) is 11.5 Å². The number of anilines is 2. The third kappa shape index (κ3) is 6.84. The highest BCUT2D eigenvalue weighted by molar-refractivity contribution is 5.73. The second kappa shape index (κ2) is 11.9. The fourth-order valence-corrected chi connectivity index (χ4v) is 5.32. The number of rotatable bonds is 10. The van der Waals surface area contributed by atoms with Gasteiger partial charge in [0, 0.05) is 42.5 Å². The fourth-order valence-electron chi connectivity index (χ4n) is 5.32. The number of nitrogens with zero attached hydrogens (tertiary/aromatic N) is 4. The molecular formula is C29H42N6O. The molecule has 0 radical (unpaired) electrons. The van der Waals surface area contributed by atoms with Crippen molar-refractivity contribution in [3.63, 3.8) is 0 Å². The van der Waals surface area contributed by atoms with Gasteiger partial charge in [-0.15, -0.1) is 0 Å². The van der Waals surface area contributed by atoms with Crippen molar-refractivity contribution in [1.29, 1.82) is 0 Å². The van der Waals surface area contributed by atoms with Crippen LogP contribution in [0.15, 0.2) is 36.5 Å². The number of hydrogen-bond donors (Lipinski definition) is 2. The van der Waals surface area contributed by atoms with Crippen LogP contribution in [0.5, 0.6) is 0 Å². The maximum Gasteiger partial charge on any atom is 0.217 e. The van der Waals surface area contributed by atoms with Crippen LogP contribution >= 0.6 is 0 Å². The van der Waals surface area contributed by atoms with Gasteiger partial charge in [0.1, 0.15) is 5.82 Å². The smallest absolute Gasteiger partial charge is 0.217 e. The minimum atomic E-state index is 0.0921. The molecule has 7 heteroatoms. The number of carbonyl (C=O) groups excluding carboxylic acids is 1. The molecule has 1 aromatic carbocycles. The van der Waals surface area contributed by atoms with Gasteiger partial charge in [0.25, 0.3) is 0 Å². The zero-order valence-electron chi connectivity index (χ0n) is 22.6. The number of benzene rings is 1. The highest BCUT2D eigenvalue weighted by Crippen LogP contribution is 2.29. The van der Waals surface area contributed by atoms with Crippen molar-refractivity contribution in [2.24, 2.45) is 5.92 Å². The number of nitrogens with one attached hydrogen (secondary N) is 2. The lowest BCUT2D eigenvalue weighted by Gasteiger charge is -2.28. The van der Waals surface area contributed by atoms with Crippen LogP contribution in [0, 0.1) is 5.92 Å². The van der Waals surface area contributed by atoms with Crippen molar-refractivity contribution in [1.82, 2.24) is 24.8 Å². The van der Waals surface area contributed by atoms with Gasteiger partial charge in [0.2, 0.25) is 5.91 Å². The van der Waals surface area contributed by atoms with Gasteiger partial charge in [-0.1, -0.05) is 32.4 Å². The van der Waals surface area contributed by atoms with Crippen LogP contribution in [0.1, 0.15) is 82.0 Å². The summed E-state index contributed by atoms with van der Waals surface area (Å²) in [5.74, 6) is 2.16. The number of hydrogen-bond acceptors (Lipinski definition) is 5. The Kier molecular flexibility index (Phi) is 8.62.